The molecule has 1 unspecified atom stereocenters. The predicted octanol–water partition coefficient (Wildman–Crippen LogP) is 5.53. The predicted molar refractivity (Wildman–Crippen MR) is 215 cm³/mol. The zero-order valence-electron chi connectivity index (χ0n) is 34.2. The Morgan fingerprint density at radius 3 is 2.23 bits per heavy atom. The normalized spacial score (nSPS) is 17.6. The summed E-state index contributed by atoms with van der Waals surface area (Å²) in [7, 11) is 0. The molecule has 0 aromatic heterocycles. The van der Waals surface area contributed by atoms with Crippen molar-refractivity contribution < 1.29 is 44.2 Å². The number of unbranched alkanes of at least 4 members (excludes halogenated alkanes) is 12. The Kier molecular flexibility index (Phi) is 22.0. The maximum Gasteiger partial charge on any atom is 0.268 e. The molecule has 5 amide bonds. The fourth-order valence-electron chi connectivity index (χ4n) is 7.02. The number of amides is 5. The highest BCUT2D eigenvalue weighted by Crippen LogP contribution is 2.21. The van der Waals surface area contributed by atoms with Crippen LogP contribution in [0.2, 0.25) is 0 Å². The molecule has 15 heteroatoms. The topological polar surface area (TPSA) is 210 Å². The molecular weight excluding hydrogens is 732 g/mol. The van der Waals surface area contributed by atoms with Gasteiger partial charge in [0, 0.05) is 32.0 Å². The summed E-state index contributed by atoms with van der Waals surface area (Å²) >= 11 is 0. The summed E-state index contributed by atoms with van der Waals surface area (Å²) in [6, 6.07) is 3.73. The molecule has 6 N–H and O–H groups in total. The second kappa shape index (κ2) is 26.6. The molecule has 0 radical (unpaired) electrons. The van der Waals surface area contributed by atoms with Gasteiger partial charge in [0.1, 0.15) is 24.4 Å². The lowest BCUT2D eigenvalue weighted by Crippen LogP contribution is -2.52. The number of para-hydroxylation sites is 1. The highest BCUT2D eigenvalue weighted by Gasteiger charge is 2.32. The molecule has 4 atom stereocenters. The zero-order valence-corrected chi connectivity index (χ0v) is 34.2. The smallest absolute Gasteiger partial charge is 0.268 e. The van der Waals surface area contributed by atoms with Crippen molar-refractivity contribution in [3.05, 3.63) is 29.8 Å². The van der Waals surface area contributed by atoms with Gasteiger partial charge in [-0.05, 0) is 57.1 Å². The highest BCUT2D eigenvalue weighted by molar-refractivity contribution is 6.00. The average Bonchev–Trinajstić information content (AvgIpc) is 3.70. The Hall–Kier alpha value is -4.24. The SMILES string of the molecule is CCCCCCCCCCCCCCCC(=O)N(O)CCCC(NC(=O)[C@@H]1COC(c2ccccc2O)=N1)C(=O)NCCC[C@H](C)C(=O)N[C@H]1CCCN(O)C1=O. The molecule has 1 aromatic rings. The Balaban J connectivity index is 1.42. The molecule has 320 valence electrons. The van der Waals surface area contributed by atoms with Gasteiger partial charge in [0.2, 0.25) is 29.5 Å². The van der Waals surface area contributed by atoms with Crippen LogP contribution in [0.4, 0.5) is 0 Å². The van der Waals surface area contributed by atoms with Crippen LogP contribution in [-0.2, 0) is 28.7 Å². The number of aliphatic imine (C=N–C) groups is 1. The largest absolute Gasteiger partial charge is 0.507 e. The van der Waals surface area contributed by atoms with Crippen LogP contribution in [0.3, 0.4) is 0 Å². The van der Waals surface area contributed by atoms with Gasteiger partial charge >= 0.3 is 0 Å². The number of aromatic hydroxyl groups is 1. The number of hydrogen-bond acceptors (Lipinski definition) is 10. The van der Waals surface area contributed by atoms with Crippen molar-refractivity contribution in [2.75, 3.05) is 26.2 Å². The molecule has 1 fully saturated rings. The number of phenolic OH excluding ortho intramolecular Hbond substituents is 1. The number of nitrogens with one attached hydrogen (secondary N) is 3. The number of phenols is 1. The molecule has 2 heterocycles. The lowest BCUT2D eigenvalue weighted by atomic mass is 10.0. The standard InChI is InChI=1S/C42H68N6O9/c1-3-4-5-6-7-8-9-10-11-12-13-14-15-26-37(50)47(55)28-19-23-33(44-40(53)35-30-57-41(46-35)32-22-16-17-25-36(32)49)39(52)43-27-18-21-31(2)38(51)45-34-24-20-29-48(56)42(34)54/h16-17,22,25,31,33-35,49,55-56H,3-15,18-21,23-24,26-30H2,1-2H3,(H,43,52)(H,44,53)(H,45,51)/t31-,33?,34-,35-/m0/s1. The second-order valence-electron chi connectivity index (χ2n) is 15.5. The van der Waals surface area contributed by atoms with Crippen LogP contribution in [-0.4, -0.2) is 105 Å². The van der Waals surface area contributed by atoms with Crippen molar-refractivity contribution in [3.63, 3.8) is 0 Å². The number of carbonyl (C=O) groups excluding carboxylic acids is 5. The molecule has 0 bridgehead atoms. The number of piperidine rings is 1. The number of nitrogens with zero attached hydrogens (tertiary/aromatic N) is 3. The van der Waals surface area contributed by atoms with E-state index in [0.29, 0.717) is 47.8 Å². The quantitative estimate of drug-likeness (QED) is 0.0357. The third kappa shape index (κ3) is 17.4. The maximum absolute atomic E-state index is 13.4. The summed E-state index contributed by atoms with van der Waals surface area (Å²) in [5.41, 5.74) is 0.345. The lowest BCUT2D eigenvalue weighted by Gasteiger charge is -2.28. The zero-order chi connectivity index (χ0) is 41.4. The van der Waals surface area contributed by atoms with E-state index in [1.807, 2.05) is 0 Å². The molecule has 2 aliphatic heterocycles. The van der Waals surface area contributed by atoms with Gasteiger partial charge in [0.15, 0.2) is 6.04 Å². The van der Waals surface area contributed by atoms with Crippen molar-refractivity contribution in [3.8, 4) is 5.75 Å². The van der Waals surface area contributed by atoms with Crippen LogP contribution in [0.5, 0.6) is 5.75 Å². The summed E-state index contributed by atoms with van der Waals surface area (Å²) in [6.45, 7) is 4.31. The van der Waals surface area contributed by atoms with Gasteiger partial charge in [-0.2, -0.15) is 0 Å². The molecule has 1 saturated heterocycles. The molecule has 57 heavy (non-hydrogen) atoms. The van der Waals surface area contributed by atoms with Crippen molar-refractivity contribution >= 4 is 35.4 Å². The number of hydrogen-bond donors (Lipinski definition) is 6. The van der Waals surface area contributed by atoms with Gasteiger partial charge in [-0.1, -0.05) is 103 Å². The Morgan fingerprint density at radius 2 is 1.56 bits per heavy atom. The van der Waals surface area contributed by atoms with Gasteiger partial charge in [-0.25, -0.2) is 15.1 Å². The van der Waals surface area contributed by atoms with E-state index in [-0.39, 0.29) is 69.0 Å². The minimum Gasteiger partial charge on any atom is -0.507 e. The third-order valence-corrected chi connectivity index (χ3v) is 10.7. The molecule has 0 saturated carbocycles. The van der Waals surface area contributed by atoms with Crippen LogP contribution in [0.25, 0.3) is 0 Å². The van der Waals surface area contributed by atoms with Gasteiger partial charge in [0.25, 0.3) is 5.91 Å². The molecule has 3 rings (SSSR count). The first-order valence-corrected chi connectivity index (χ1v) is 21.4. The first-order valence-electron chi connectivity index (χ1n) is 21.4. The van der Waals surface area contributed by atoms with E-state index in [0.717, 1.165) is 19.3 Å². The van der Waals surface area contributed by atoms with E-state index in [9.17, 15) is 39.5 Å². The van der Waals surface area contributed by atoms with Crippen molar-refractivity contribution in [1.82, 2.24) is 26.1 Å². The average molecular weight is 801 g/mol. The van der Waals surface area contributed by atoms with Crippen molar-refractivity contribution in [2.45, 2.75) is 160 Å². The van der Waals surface area contributed by atoms with Gasteiger partial charge in [0.05, 0.1) is 5.56 Å². The van der Waals surface area contributed by atoms with Crippen LogP contribution in [0.1, 0.15) is 148 Å². The Labute approximate surface area is 338 Å². The summed E-state index contributed by atoms with van der Waals surface area (Å²) < 4.78 is 5.59. The summed E-state index contributed by atoms with van der Waals surface area (Å²) in [5.74, 6) is -2.63. The monoisotopic (exact) mass is 801 g/mol. The first-order chi connectivity index (χ1) is 27.5. The van der Waals surface area contributed by atoms with Gasteiger partial charge in [-0.15, -0.1) is 0 Å². The second-order valence-corrected chi connectivity index (χ2v) is 15.5. The van der Waals surface area contributed by atoms with E-state index >= 15 is 0 Å². The number of benzene rings is 1. The number of carbonyl (C=O) groups is 5. The van der Waals surface area contributed by atoms with E-state index < -0.39 is 41.8 Å². The Morgan fingerprint density at radius 1 is 0.912 bits per heavy atom. The molecule has 15 nitrogen and oxygen atoms in total. The minimum atomic E-state index is -1.01. The molecule has 2 aliphatic rings. The van der Waals surface area contributed by atoms with Crippen molar-refractivity contribution in [1.29, 1.82) is 0 Å². The fourth-order valence-corrected chi connectivity index (χ4v) is 7.02. The highest BCUT2D eigenvalue weighted by atomic mass is 16.5. The molecule has 0 spiro atoms. The number of rotatable bonds is 28. The fraction of sp³-hybridized carbons (Fsp3) is 0.714. The minimum absolute atomic E-state index is 0.0107. The molecule has 0 aliphatic carbocycles. The summed E-state index contributed by atoms with van der Waals surface area (Å²) in [5, 5.41) is 39.9. The molecule has 1 aromatic carbocycles. The van der Waals surface area contributed by atoms with Gasteiger partial charge < -0.3 is 25.8 Å². The third-order valence-electron chi connectivity index (χ3n) is 10.7. The van der Waals surface area contributed by atoms with Crippen LogP contribution in [0, 0.1) is 5.92 Å². The van der Waals surface area contributed by atoms with Crippen LogP contribution in [0.15, 0.2) is 29.3 Å². The summed E-state index contributed by atoms with van der Waals surface area (Å²) in [4.78, 5) is 68.4. The van der Waals surface area contributed by atoms with E-state index in [2.05, 4.69) is 27.9 Å². The van der Waals surface area contributed by atoms with E-state index in [1.165, 1.54) is 63.9 Å². The lowest BCUT2D eigenvalue weighted by molar-refractivity contribution is -0.173. The first kappa shape index (κ1) is 47.1. The number of hydroxylamine groups is 4. The van der Waals surface area contributed by atoms with Crippen LogP contribution < -0.4 is 16.0 Å². The van der Waals surface area contributed by atoms with E-state index in [1.54, 1.807) is 25.1 Å². The van der Waals surface area contributed by atoms with Crippen molar-refractivity contribution in [2.24, 2.45) is 10.9 Å². The summed E-state index contributed by atoms with van der Waals surface area (Å²) in [6.07, 6.45) is 18.0. The Bertz CT molecular complexity index is 1440. The maximum atomic E-state index is 13.4. The molecular formula is C42H68N6O9. The van der Waals surface area contributed by atoms with Gasteiger partial charge in [-0.3, -0.25) is 34.4 Å². The van der Waals surface area contributed by atoms with Crippen LogP contribution >= 0.6 is 0 Å². The number of ether oxygens (including phenoxy) is 1. The van der Waals surface area contributed by atoms with E-state index in [4.69, 9.17) is 4.74 Å².